The largest absolute Gasteiger partial charge is 0.449 e. The first-order valence-electron chi connectivity index (χ1n) is 9.45. The van der Waals surface area contributed by atoms with E-state index in [0.717, 1.165) is 32.1 Å². The molecule has 1 N–H and O–H groups in total. The molecule has 1 fully saturated rings. The van der Waals surface area contributed by atoms with E-state index in [1.165, 1.54) is 35.5 Å². The molecule has 1 aromatic rings. The van der Waals surface area contributed by atoms with Crippen molar-refractivity contribution in [2.24, 2.45) is 0 Å². The van der Waals surface area contributed by atoms with Gasteiger partial charge in [0, 0.05) is 19.6 Å². The van der Waals surface area contributed by atoms with Crippen LogP contribution in [0, 0.1) is 0 Å². The van der Waals surface area contributed by atoms with E-state index in [-0.39, 0.29) is 16.4 Å². The van der Waals surface area contributed by atoms with Crippen molar-refractivity contribution in [3.05, 3.63) is 29.8 Å². The maximum Gasteiger partial charge on any atom is 0.338 e. The number of amides is 1. The molecule has 1 saturated heterocycles. The fraction of sp³-hybridized carbons (Fsp3) is 0.579. The van der Waals surface area contributed by atoms with Crippen LogP contribution in [-0.2, 0) is 19.6 Å². The Balaban J connectivity index is 2.11. The molecule has 7 nitrogen and oxygen atoms in total. The van der Waals surface area contributed by atoms with Crippen molar-refractivity contribution in [1.29, 1.82) is 0 Å². The average molecular weight is 397 g/mol. The molecule has 1 aliphatic rings. The lowest BCUT2D eigenvalue weighted by Crippen LogP contribution is -2.36. The highest BCUT2D eigenvalue weighted by atomic mass is 32.2. The molecule has 0 saturated carbocycles. The molecule has 1 aromatic carbocycles. The van der Waals surface area contributed by atoms with Crippen molar-refractivity contribution in [2.45, 2.75) is 57.0 Å². The minimum absolute atomic E-state index is 0.0712. The summed E-state index contributed by atoms with van der Waals surface area (Å²) >= 11 is 0. The summed E-state index contributed by atoms with van der Waals surface area (Å²) in [6.07, 6.45) is 3.56. The maximum absolute atomic E-state index is 12.9. The van der Waals surface area contributed by atoms with Crippen LogP contribution in [0.3, 0.4) is 0 Å². The van der Waals surface area contributed by atoms with Crippen LogP contribution in [0.4, 0.5) is 0 Å². The Bertz CT molecular complexity index is 755. The number of hydrogen-bond donors (Lipinski definition) is 1. The van der Waals surface area contributed by atoms with Crippen molar-refractivity contribution in [3.8, 4) is 0 Å². The van der Waals surface area contributed by atoms with Crippen LogP contribution < -0.4 is 5.32 Å². The number of nitrogens with zero attached hydrogens (tertiary/aromatic N) is 1. The summed E-state index contributed by atoms with van der Waals surface area (Å²) in [6, 6.07) is 5.80. The highest BCUT2D eigenvalue weighted by molar-refractivity contribution is 7.89. The van der Waals surface area contributed by atoms with Gasteiger partial charge in [-0.3, -0.25) is 4.79 Å². The molecule has 0 aromatic heterocycles. The van der Waals surface area contributed by atoms with Crippen LogP contribution in [0.1, 0.15) is 56.3 Å². The Morgan fingerprint density at radius 1 is 1.19 bits per heavy atom. The molecule has 2 rings (SSSR count). The monoisotopic (exact) mass is 396 g/mol. The maximum atomic E-state index is 12.9. The lowest BCUT2D eigenvalue weighted by atomic mass is 10.2. The Labute approximate surface area is 161 Å². The third-order valence-corrected chi connectivity index (χ3v) is 6.37. The van der Waals surface area contributed by atoms with Gasteiger partial charge in [-0.15, -0.1) is 0 Å². The minimum atomic E-state index is -3.65. The van der Waals surface area contributed by atoms with E-state index >= 15 is 0 Å². The third kappa shape index (κ3) is 5.77. The van der Waals surface area contributed by atoms with E-state index in [0.29, 0.717) is 19.6 Å². The highest BCUT2D eigenvalue weighted by Crippen LogP contribution is 2.21. The van der Waals surface area contributed by atoms with Gasteiger partial charge in [-0.2, -0.15) is 4.31 Å². The van der Waals surface area contributed by atoms with E-state index in [2.05, 4.69) is 5.32 Å². The van der Waals surface area contributed by atoms with Crippen molar-refractivity contribution >= 4 is 21.9 Å². The van der Waals surface area contributed by atoms with Gasteiger partial charge in [-0.1, -0.05) is 25.8 Å². The topological polar surface area (TPSA) is 92.8 Å². The molecule has 1 atom stereocenters. The summed E-state index contributed by atoms with van der Waals surface area (Å²) in [7, 11) is -3.65. The molecular weight excluding hydrogens is 368 g/mol. The van der Waals surface area contributed by atoms with E-state index in [1.54, 1.807) is 0 Å². The van der Waals surface area contributed by atoms with E-state index in [1.807, 2.05) is 6.92 Å². The number of esters is 1. The molecule has 1 aliphatic heterocycles. The predicted octanol–water partition coefficient (Wildman–Crippen LogP) is 2.32. The van der Waals surface area contributed by atoms with Gasteiger partial charge < -0.3 is 10.1 Å². The Kier molecular flexibility index (Phi) is 7.79. The first kappa shape index (κ1) is 21.4. The van der Waals surface area contributed by atoms with E-state index < -0.39 is 22.1 Å². The molecule has 1 amide bonds. The molecule has 0 radical (unpaired) electrons. The van der Waals surface area contributed by atoms with Gasteiger partial charge in [0.05, 0.1) is 10.5 Å². The summed E-state index contributed by atoms with van der Waals surface area (Å²) < 4.78 is 32.4. The lowest BCUT2D eigenvalue weighted by Gasteiger charge is -2.20. The third-order valence-electron chi connectivity index (χ3n) is 4.47. The zero-order chi connectivity index (χ0) is 19.9. The number of carbonyl (C=O) groups excluding carboxylic acids is 2. The number of benzene rings is 1. The van der Waals surface area contributed by atoms with Crippen molar-refractivity contribution in [3.63, 3.8) is 0 Å². The van der Waals surface area contributed by atoms with Crippen LogP contribution in [0.15, 0.2) is 29.2 Å². The second-order valence-electron chi connectivity index (χ2n) is 6.68. The molecule has 27 heavy (non-hydrogen) atoms. The molecular formula is C19H28N2O5S. The first-order chi connectivity index (χ1) is 12.9. The van der Waals surface area contributed by atoms with Gasteiger partial charge in [-0.25, -0.2) is 13.2 Å². The van der Waals surface area contributed by atoms with Gasteiger partial charge in [0.25, 0.3) is 5.91 Å². The molecule has 1 unspecified atom stereocenters. The van der Waals surface area contributed by atoms with E-state index in [9.17, 15) is 18.0 Å². The number of hydrogen-bond acceptors (Lipinski definition) is 5. The number of rotatable bonds is 7. The average Bonchev–Trinajstić information content (AvgIpc) is 2.96. The van der Waals surface area contributed by atoms with Gasteiger partial charge in [-0.05, 0) is 44.4 Å². The van der Waals surface area contributed by atoms with Crippen LogP contribution in [0.25, 0.3) is 0 Å². The Hall–Kier alpha value is -1.93. The van der Waals surface area contributed by atoms with Gasteiger partial charge in [0.1, 0.15) is 0 Å². The zero-order valence-electron chi connectivity index (χ0n) is 15.9. The molecule has 8 heteroatoms. The van der Waals surface area contributed by atoms with Crippen LogP contribution in [-0.4, -0.2) is 50.3 Å². The minimum Gasteiger partial charge on any atom is -0.449 e. The van der Waals surface area contributed by atoms with Gasteiger partial charge in [0.2, 0.25) is 10.0 Å². The normalized spacial score (nSPS) is 17.0. The fourth-order valence-electron chi connectivity index (χ4n) is 2.89. The lowest BCUT2D eigenvalue weighted by molar-refractivity contribution is -0.129. The van der Waals surface area contributed by atoms with E-state index in [4.69, 9.17) is 4.74 Å². The first-order valence-corrected chi connectivity index (χ1v) is 10.9. The molecule has 0 spiro atoms. The molecule has 0 bridgehead atoms. The van der Waals surface area contributed by atoms with Crippen molar-refractivity contribution in [1.82, 2.24) is 9.62 Å². The summed E-state index contributed by atoms with van der Waals surface area (Å²) in [5.41, 5.74) is 0.112. The quantitative estimate of drug-likeness (QED) is 0.714. The van der Waals surface area contributed by atoms with Gasteiger partial charge in [0.15, 0.2) is 6.10 Å². The number of carbonyl (C=O) groups is 2. The smallest absolute Gasteiger partial charge is 0.338 e. The zero-order valence-corrected chi connectivity index (χ0v) is 16.8. The summed E-state index contributed by atoms with van der Waals surface area (Å²) in [4.78, 5) is 24.2. The second-order valence-corrected chi connectivity index (χ2v) is 8.62. The summed E-state index contributed by atoms with van der Waals surface area (Å²) in [5, 5.41) is 2.65. The standard InChI is InChI=1S/C19H28N2O5S/c1-3-11-20-18(22)15(2)26-19(23)16-9-8-10-17(14-16)27(24,25)21-12-6-4-5-7-13-21/h8-10,14-15H,3-7,11-13H2,1-2H3,(H,20,22). The van der Waals surface area contributed by atoms with Crippen molar-refractivity contribution < 1.29 is 22.7 Å². The predicted molar refractivity (Wildman–Crippen MR) is 102 cm³/mol. The number of ether oxygens (including phenoxy) is 1. The number of nitrogens with one attached hydrogen (secondary N) is 1. The second kappa shape index (κ2) is 9.85. The summed E-state index contributed by atoms with van der Waals surface area (Å²) in [6.45, 7) is 4.90. The summed E-state index contributed by atoms with van der Waals surface area (Å²) in [5.74, 6) is -1.10. The van der Waals surface area contributed by atoms with Gasteiger partial charge >= 0.3 is 5.97 Å². The van der Waals surface area contributed by atoms with Crippen molar-refractivity contribution in [2.75, 3.05) is 19.6 Å². The van der Waals surface area contributed by atoms with Crippen LogP contribution in [0.5, 0.6) is 0 Å². The number of sulfonamides is 1. The molecule has 0 aliphatic carbocycles. The van der Waals surface area contributed by atoms with Crippen LogP contribution in [0.2, 0.25) is 0 Å². The SMILES string of the molecule is CCCNC(=O)C(C)OC(=O)c1cccc(S(=O)(=O)N2CCCCCC2)c1. The van der Waals surface area contributed by atoms with Crippen LogP contribution >= 0.6 is 0 Å². The fourth-order valence-corrected chi connectivity index (χ4v) is 4.45. The highest BCUT2D eigenvalue weighted by Gasteiger charge is 2.26. The Morgan fingerprint density at radius 2 is 1.85 bits per heavy atom. The molecule has 1 heterocycles. The molecule has 150 valence electrons. The Morgan fingerprint density at radius 3 is 2.48 bits per heavy atom.